The fourth-order valence-corrected chi connectivity index (χ4v) is 2.54. The van der Waals surface area contributed by atoms with Crippen molar-refractivity contribution < 1.29 is 13.2 Å². The maximum atomic E-state index is 12.2. The number of alkyl halides is 3. The van der Waals surface area contributed by atoms with E-state index in [0.717, 1.165) is 29.3 Å². The van der Waals surface area contributed by atoms with Crippen molar-refractivity contribution in [3.8, 4) is 0 Å². The lowest BCUT2D eigenvalue weighted by atomic mass is 10.0. The third-order valence-electron chi connectivity index (χ3n) is 3.77. The van der Waals surface area contributed by atoms with Crippen LogP contribution in [0.4, 0.5) is 13.2 Å². The largest absolute Gasteiger partial charge is 0.389 e. The number of aromatic nitrogens is 1. The molecule has 1 unspecified atom stereocenters. The zero-order valence-electron chi connectivity index (χ0n) is 12.2. The van der Waals surface area contributed by atoms with E-state index in [9.17, 15) is 13.2 Å². The van der Waals surface area contributed by atoms with Gasteiger partial charge in [0.2, 0.25) is 0 Å². The molecule has 0 fully saturated rings. The molecule has 2 aromatic rings. The standard InChI is InChI=1S/C16H21F3N2/c1-2-13(20)11-12-5-3-6-15-14(12)7-10-21(15)9-4-8-16(17,18)19/h3,5-7,10,13H,2,4,8-9,11,20H2,1H3. The molecule has 0 radical (unpaired) electrons. The Kier molecular flexibility index (Phi) is 4.93. The number of halogens is 3. The molecule has 1 aromatic heterocycles. The molecule has 1 heterocycles. The molecule has 0 aliphatic carbocycles. The smallest absolute Gasteiger partial charge is 0.347 e. The van der Waals surface area contributed by atoms with E-state index in [4.69, 9.17) is 5.73 Å². The predicted molar refractivity (Wildman–Crippen MR) is 79.2 cm³/mol. The summed E-state index contributed by atoms with van der Waals surface area (Å²) in [5.74, 6) is 0. The highest BCUT2D eigenvalue weighted by atomic mass is 19.4. The highest BCUT2D eigenvalue weighted by Gasteiger charge is 2.26. The van der Waals surface area contributed by atoms with Crippen LogP contribution in [0.1, 0.15) is 31.7 Å². The summed E-state index contributed by atoms with van der Waals surface area (Å²) in [6, 6.07) is 8.02. The predicted octanol–water partition coefficient (Wildman–Crippen LogP) is 4.26. The van der Waals surface area contributed by atoms with Gasteiger partial charge in [-0.25, -0.2) is 0 Å². The van der Waals surface area contributed by atoms with Crippen LogP contribution in [-0.4, -0.2) is 16.8 Å². The molecule has 21 heavy (non-hydrogen) atoms. The van der Waals surface area contributed by atoms with Crippen LogP contribution in [0.5, 0.6) is 0 Å². The molecule has 116 valence electrons. The second-order valence-electron chi connectivity index (χ2n) is 5.45. The SMILES string of the molecule is CCC(N)Cc1cccc2c1ccn2CCCC(F)(F)F. The number of hydrogen-bond donors (Lipinski definition) is 1. The highest BCUT2D eigenvalue weighted by Crippen LogP contribution is 2.25. The number of aryl methyl sites for hydroxylation is 1. The van der Waals surface area contributed by atoms with E-state index >= 15 is 0 Å². The lowest BCUT2D eigenvalue weighted by molar-refractivity contribution is -0.135. The molecule has 0 saturated carbocycles. The quantitative estimate of drug-likeness (QED) is 0.848. The average Bonchev–Trinajstić information content (AvgIpc) is 2.82. The number of nitrogens with zero attached hydrogens (tertiary/aromatic N) is 1. The Bertz CT molecular complexity index is 587. The number of hydrogen-bond acceptors (Lipinski definition) is 1. The van der Waals surface area contributed by atoms with E-state index in [1.807, 2.05) is 42.0 Å². The zero-order chi connectivity index (χ0) is 15.5. The van der Waals surface area contributed by atoms with E-state index in [1.165, 1.54) is 0 Å². The normalized spacial score (nSPS) is 13.8. The van der Waals surface area contributed by atoms with Crippen molar-refractivity contribution in [2.24, 2.45) is 5.73 Å². The van der Waals surface area contributed by atoms with E-state index in [0.29, 0.717) is 6.54 Å². The Hall–Kier alpha value is -1.49. The zero-order valence-corrected chi connectivity index (χ0v) is 12.2. The van der Waals surface area contributed by atoms with E-state index in [1.54, 1.807) is 0 Å². The van der Waals surface area contributed by atoms with Gasteiger partial charge in [-0.3, -0.25) is 0 Å². The minimum Gasteiger partial charge on any atom is -0.347 e. The second kappa shape index (κ2) is 6.52. The summed E-state index contributed by atoms with van der Waals surface area (Å²) in [5.41, 5.74) is 8.15. The molecule has 5 heteroatoms. The van der Waals surface area contributed by atoms with Gasteiger partial charge in [-0.05, 0) is 37.0 Å². The van der Waals surface area contributed by atoms with Gasteiger partial charge in [0, 0.05) is 36.1 Å². The molecular weight excluding hydrogens is 277 g/mol. The van der Waals surface area contributed by atoms with Crippen LogP contribution < -0.4 is 5.73 Å². The molecule has 2 N–H and O–H groups in total. The van der Waals surface area contributed by atoms with Gasteiger partial charge in [0.25, 0.3) is 0 Å². The van der Waals surface area contributed by atoms with Gasteiger partial charge in [0.05, 0.1) is 0 Å². The number of rotatable bonds is 6. The fourth-order valence-electron chi connectivity index (χ4n) is 2.54. The first-order chi connectivity index (χ1) is 9.90. The van der Waals surface area contributed by atoms with Gasteiger partial charge in [0.1, 0.15) is 0 Å². The van der Waals surface area contributed by atoms with Gasteiger partial charge >= 0.3 is 6.18 Å². The van der Waals surface area contributed by atoms with Crippen LogP contribution in [0.15, 0.2) is 30.5 Å². The van der Waals surface area contributed by atoms with Crippen molar-refractivity contribution in [1.29, 1.82) is 0 Å². The Labute approximate surface area is 122 Å². The molecule has 0 aliphatic rings. The van der Waals surface area contributed by atoms with Crippen molar-refractivity contribution in [3.63, 3.8) is 0 Å². The van der Waals surface area contributed by atoms with Crippen LogP contribution in [0.3, 0.4) is 0 Å². The van der Waals surface area contributed by atoms with Crippen molar-refractivity contribution in [3.05, 3.63) is 36.0 Å². The van der Waals surface area contributed by atoms with E-state index in [2.05, 4.69) is 0 Å². The summed E-state index contributed by atoms with van der Waals surface area (Å²) >= 11 is 0. The first-order valence-electron chi connectivity index (χ1n) is 7.30. The van der Waals surface area contributed by atoms with Crippen molar-refractivity contribution in [2.45, 2.75) is 51.4 Å². The van der Waals surface area contributed by atoms with Crippen LogP contribution >= 0.6 is 0 Å². The maximum Gasteiger partial charge on any atom is 0.389 e. The molecule has 0 amide bonds. The summed E-state index contributed by atoms with van der Waals surface area (Å²) in [6.45, 7) is 2.43. The van der Waals surface area contributed by atoms with Gasteiger partial charge < -0.3 is 10.3 Å². The third kappa shape index (κ3) is 4.24. The highest BCUT2D eigenvalue weighted by molar-refractivity contribution is 5.83. The average molecular weight is 298 g/mol. The third-order valence-corrected chi connectivity index (χ3v) is 3.77. The molecule has 0 bridgehead atoms. The summed E-state index contributed by atoms with van der Waals surface area (Å²) in [7, 11) is 0. The lowest BCUT2D eigenvalue weighted by Gasteiger charge is -2.11. The molecule has 0 aliphatic heterocycles. The van der Waals surface area contributed by atoms with Crippen molar-refractivity contribution >= 4 is 10.9 Å². The fraction of sp³-hybridized carbons (Fsp3) is 0.500. The first kappa shape index (κ1) is 15.9. The summed E-state index contributed by atoms with van der Waals surface area (Å²) in [4.78, 5) is 0. The van der Waals surface area contributed by atoms with E-state index < -0.39 is 12.6 Å². The van der Waals surface area contributed by atoms with Crippen molar-refractivity contribution in [1.82, 2.24) is 4.57 Å². The first-order valence-corrected chi connectivity index (χ1v) is 7.30. The van der Waals surface area contributed by atoms with Crippen LogP contribution in [0, 0.1) is 0 Å². The molecule has 0 saturated heterocycles. The topological polar surface area (TPSA) is 30.9 Å². The Balaban J connectivity index is 2.14. The Morgan fingerprint density at radius 3 is 2.67 bits per heavy atom. The molecule has 2 rings (SSSR count). The van der Waals surface area contributed by atoms with Crippen molar-refractivity contribution in [2.75, 3.05) is 0 Å². The van der Waals surface area contributed by atoms with Gasteiger partial charge in [-0.2, -0.15) is 13.2 Å². The molecule has 0 spiro atoms. The summed E-state index contributed by atoms with van der Waals surface area (Å²) < 4.78 is 38.6. The Morgan fingerprint density at radius 1 is 1.24 bits per heavy atom. The number of fused-ring (bicyclic) bond motifs is 1. The van der Waals surface area contributed by atoms with Gasteiger partial charge in [-0.15, -0.1) is 0 Å². The van der Waals surface area contributed by atoms with Gasteiger partial charge in [-0.1, -0.05) is 19.1 Å². The van der Waals surface area contributed by atoms with Crippen LogP contribution in [0.25, 0.3) is 10.9 Å². The summed E-state index contributed by atoms with van der Waals surface area (Å²) in [5, 5.41) is 1.09. The minimum atomic E-state index is -4.08. The minimum absolute atomic E-state index is 0.103. The monoisotopic (exact) mass is 298 g/mol. The molecule has 1 atom stereocenters. The lowest BCUT2D eigenvalue weighted by Crippen LogP contribution is -2.21. The molecular formula is C16H21F3N2. The summed E-state index contributed by atoms with van der Waals surface area (Å²) in [6.07, 6.45) is -1.16. The van der Waals surface area contributed by atoms with Crippen LogP contribution in [-0.2, 0) is 13.0 Å². The number of nitrogens with two attached hydrogens (primary N) is 1. The van der Waals surface area contributed by atoms with E-state index in [-0.39, 0.29) is 12.5 Å². The van der Waals surface area contributed by atoms with Crippen LogP contribution in [0.2, 0.25) is 0 Å². The van der Waals surface area contributed by atoms with Gasteiger partial charge in [0.15, 0.2) is 0 Å². The second-order valence-corrected chi connectivity index (χ2v) is 5.45. The maximum absolute atomic E-state index is 12.2. The number of benzene rings is 1. The molecule has 2 nitrogen and oxygen atoms in total. The Morgan fingerprint density at radius 2 is 2.00 bits per heavy atom. The molecule has 1 aromatic carbocycles.